The number of rotatable bonds is 4. The molecule has 0 aliphatic rings. The number of benzene rings is 2. The second-order valence-electron chi connectivity index (χ2n) is 5.05. The maximum Gasteiger partial charge on any atom is 0.125 e. The molecule has 25 heavy (non-hydrogen) atoms. The van der Waals surface area contributed by atoms with Crippen molar-refractivity contribution in [3.63, 3.8) is 0 Å². The van der Waals surface area contributed by atoms with Crippen molar-refractivity contribution in [2.24, 2.45) is 0 Å². The molecule has 0 N–H and O–H groups in total. The standard InChI is InChI=1S/C17H13O2.C5H5.Ti/c1-3-8-14(9-4-1)18-16-12-7-13-17(16)19-15-10-5-2-6-11-15;1-2-4-5-3-1;/h1-13H;1-5H;/q-1;-5;. The third-order valence-corrected chi connectivity index (χ3v) is 3.24. The van der Waals surface area contributed by atoms with Crippen LogP contribution in [0.3, 0.4) is 0 Å². The van der Waals surface area contributed by atoms with Gasteiger partial charge in [-0.2, -0.15) is 6.07 Å². The molecule has 0 saturated heterocycles. The fourth-order valence-corrected chi connectivity index (χ4v) is 2.11. The van der Waals surface area contributed by atoms with E-state index in [1.807, 2.05) is 109 Å². The monoisotopic (exact) mass is 362 g/mol. The molecule has 4 aromatic rings. The van der Waals surface area contributed by atoms with Gasteiger partial charge in [-0.15, -0.1) is 12.1 Å². The molecular weight excluding hydrogens is 344 g/mol. The van der Waals surface area contributed by atoms with Gasteiger partial charge in [-0.3, -0.25) is 0 Å². The molecule has 0 heterocycles. The van der Waals surface area contributed by atoms with Gasteiger partial charge >= 0.3 is 0 Å². The summed E-state index contributed by atoms with van der Waals surface area (Å²) >= 11 is 0. The SMILES string of the molecule is [Ti].[cH-]1[cH-][cH-][cH-][cH-]1.c1ccc(Oc2ccc[c-]2Oc2ccccc2)cc1. The van der Waals surface area contributed by atoms with Crippen LogP contribution in [-0.4, -0.2) is 0 Å². The number of ether oxygens (including phenoxy) is 2. The van der Waals surface area contributed by atoms with Crippen LogP contribution in [0.1, 0.15) is 0 Å². The van der Waals surface area contributed by atoms with E-state index < -0.39 is 0 Å². The zero-order chi connectivity index (χ0) is 16.5. The molecule has 0 fully saturated rings. The summed E-state index contributed by atoms with van der Waals surface area (Å²) in [6.45, 7) is 0. The average molecular weight is 362 g/mol. The first-order valence-corrected chi connectivity index (χ1v) is 7.80. The molecule has 3 heteroatoms. The van der Waals surface area contributed by atoms with Crippen LogP contribution >= 0.6 is 0 Å². The van der Waals surface area contributed by atoms with Crippen LogP contribution in [0.25, 0.3) is 0 Å². The summed E-state index contributed by atoms with van der Waals surface area (Å²) in [6, 6.07) is 35.0. The fourth-order valence-electron chi connectivity index (χ4n) is 2.11. The Kier molecular flexibility index (Phi) is 7.78. The van der Waals surface area contributed by atoms with E-state index in [1.54, 1.807) is 0 Å². The van der Waals surface area contributed by atoms with Gasteiger partial charge in [0.15, 0.2) is 0 Å². The Morgan fingerprint density at radius 1 is 0.600 bits per heavy atom. The van der Waals surface area contributed by atoms with Crippen LogP contribution in [-0.2, 0) is 21.7 Å². The summed E-state index contributed by atoms with van der Waals surface area (Å²) in [6.07, 6.45) is 0. The molecule has 2 nitrogen and oxygen atoms in total. The molecule has 0 bridgehead atoms. The molecule has 0 unspecified atom stereocenters. The van der Waals surface area contributed by atoms with E-state index in [9.17, 15) is 0 Å². The Bertz CT molecular complexity index is 732. The molecule has 128 valence electrons. The zero-order valence-corrected chi connectivity index (χ0v) is 15.3. The average Bonchev–Trinajstić information content (AvgIpc) is 3.33. The summed E-state index contributed by atoms with van der Waals surface area (Å²) in [7, 11) is 0. The quantitative estimate of drug-likeness (QED) is 0.309. The van der Waals surface area contributed by atoms with Crippen LogP contribution < -0.4 is 9.47 Å². The number of para-hydroxylation sites is 2. The minimum Gasteiger partial charge on any atom is -0.748 e. The molecule has 4 rings (SSSR count). The van der Waals surface area contributed by atoms with E-state index in [1.165, 1.54) is 0 Å². The first-order valence-electron chi connectivity index (χ1n) is 7.80. The molecule has 0 saturated carbocycles. The Balaban J connectivity index is 0.000000325. The van der Waals surface area contributed by atoms with Gasteiger partial charge in [0, 0.05) is 27.5 Å². The largest absolute Gasteiger partial charge is 0.748 e. The van der Waals surface area contributed by atoms with Crippen LogP contribution in [0.15, 0.2) is 109 Å². The van der Waals surface area contributed by atoms with Crippen molar-refractivity contribution in [1.82, 2.24) is 0 Å². The molecule has 0 amide bonds. The van der Waals surface area contributed by atoms with E-state index in [0.29, 0.717) is 0 Å². The van der Waals surface area contributed by atoms with E-state index in [-0.39, 0.29) is 21.7 Å². The van der Waals surface area contributed by atoms with Crippen molar-refractivity contribution < 1.29 is 31.2 Å². The predicted octanol–water partition coefficient (Wildman–Crippen LogP) is 6.39. The molecule has 0 aromatic heterocycles. The van der Waals surface area contributed by atoms with Crippen LogP contribution in [0.2, 0.25) is 0 Å². The van der Waals surface area contributed by atoms with Crippen molar-refractivity contribution in [2.75, 3.05) is 0 Å². The van der Waals surface area contributed by atoms with Gasteiger partial charge in [-0.1, -0.05) is 48.5 Å². The minimum atomic E-state index is 0. The van der Waals surface area contributed by atoms with Crippen molar-refractivity contribution in [3.05, 3.63) is 109 Å². The second kappa shape index (κ2) is 10.3. The second-order valence-corrected chi connectivity index (χ2v) is 5.05. The van der Waals surface area contributed by atoms with Gasteiger partial charge in [-0.25, -0.2) is 0 Å². The Hall–Kier alpha value is -2.55. The van der Waals surface area contributed by atoms with Crippen molar-refractivity contribution in [1.29, 1.82) is 0 Å². The summed E-state index contributed by atoms with van der Waals surface area (Å²) in [4.78, 5) is 0. The number of hydrogen-bond acceptors (Lipinski definition) is 2. The summed E-state index contributed by atoms with van der Waals surface area (Å²) < 4.78 is 11.6. The molecule has 0 spiro atoms. The van der Waals surface area contributed by atoms with Crippen molar-refractivity contribution in [3.8, 4) is 23.0 Å². The van der Waals surface area contributed by atoms with Crippen molar-refractivity contribution in [2.45, 2.75) is 0 Å². The zero-order valence-electron chi connectivity index (χ0n) is 13.7. The molecule has 0 aliphatic heterocycles. The van der Waals surface area contributed by atoms with Gasteiger partial charge in [0.1, 0.15) is 5.75 Å². The van der Waals surface area contributed by atoms with E-state index >= 15 is 0 Å². The van der Waals surface area contributed by atoms with E-state index in [4.69, 9.17) is 9.47 Å². The van der Waals surface area contributed by atoms with Crippen molar-refractivity contribution >= 4 is 0 Å². The normalized spacial score (nSPS) is 9.28. The molecular formula is C22H18O2Ti-6. The van der Waals surface area contributed by atoms with Crippen LogP contribution in [0.4, 0.5) is 0 Å². The smallest absolute Gasteiger partial charge is 0.125 e. The maximum absolute atomic E-state index is 5.80. The predicted molar refractivity (Wildman–Crippen MR) is 97.1 cm³/mol. The molecule has 0 radical (unpaired) electrons. The Morgan fingerprint density at radius 2 is 1.12 bits per heavy atom. The minimum absolute atomic E-state index is 0. The van der Waals surface area contributed by atoms with Gasteiger partial charge < -0.3 is 39.8 Å². The summed E-state index contributed by atoms with van der Waals surface area (Å²) in [5.74, 6) is 3.03. The van der Waals surface area contributed by atoms with E-state index in [0.717, 1.165) is 23.0 Å². The molecule has 0 aliphatic carbocycles. The maximum atomic E-state index is 5.80. The number of hydrogen-bond donors (Lipinski definition) is 0. The van der Waals surface area contributed by atoms with E-state index in [2.05, 4.69) is 0 Å². The topological polar surface area (TPSA) is 18.5 Å². The fraction of sp³-hybridized carbons (Fsp3) is 0. The molecule has 0 atom stereocenters. The van der Waals surface area contributed by atoms with Gasteiger partial charge in [-0.05, 0) is 12.1 Å². The van der Waals surface area contributed by atoms with Gasteiger partial charge in [0.25, 0.3) is 0 Å². The third kappa shape index (κ3) is 6.11. The summed E-state index contributed by atoms with van der Waals surface area (Å²) in [5.41, 5.74) is 0. The van der Waals surface area contributed by atoms with Crippen LogP contribution in [0, 0.1) is 0 Å². The third-order valence-electron chi connectivity index (χ3n) is 3.24. The first-order chi connectivity index (χ1) is 11.9. The molecule has 4 aromatic carbocycles. The van der Waals surface area contributed by atoms with Crippen LogP contribution in [0.5, 0.6) is 23.0 Å². The van der Waals surface area contributed by atoms with Gasteiger partial charge in [0.05, 0.1) is 11.5 Å². The Morgan fingerprint density at radius 3 is 1.68 bits per heavy atom. The first kappa shape index (κ1) is 18.8. The Labute approximate surface area is 163 Å². The van der Waals surface area contributed by atoms with Gasteiger partial charge in [0.2, 0.25) is 0 Å². The summed E-state index contributed by atoms with van der Waals surface area (Å²) in [5, 5.41) is 0.